The lowest BCUT2D eigenvalue weighted by Gasteiger charge is -2.23. The Morgan fingerprint density at radius 2 is 1.56 bits per heavy atom. The molecule has 5 nitrogen and oxygen atoms in total. The molecule has 1 aromatic heterocycles. The Morgan fingerprint density at radius 3 is 2.12 bits per heavy atom. The average Bonchev–Trinajstić information content (AvgIpc) is 3.22. The Labute approximate surface area is 195 Å². The summed E-state index contributed by atoms with van der Waals surface area (Å²) in [6, 6.07) is 20.5. The van der Waals surface area contributed by atoms with Gasteiger partial charge >= 0.3 is 0 Å². The average molecular weight is 471 g/mol. The number of sulfonamides is 1. The van der Waals surface area contributed by atoms with Crippen molar-refractivity contribution in [3.63, 3.8) is 0 Å². The summed E-state index contributed by atoms with van der Waals surface area (Å²) in [4.78, 5) is 17.7. The summed E-state index contributed by atoms with van der Waals surface area (Å²) in [6.45, 7) is 7.62. The first kappa shape index (κ1) is 24.2. The first-order valence-corrected chi connectivity index (χ1v) is 13.1. The van der Waals surface area contributed by atoms with E-state index in [0.29, 0.717) is 31.7 Å². The minimum atomic E-state index is -3.55. The number of carbonyl (C=O) groups is 1. The van der Waals surface area contributed by atoms with E-state index in [0.717, 1.165) is 11.3 Å². The van der Waals surface area contributed by atoms with Gasteiger partial charge in [-0.15, -0.1) is 11.3 Å². The largest absolute Gasteiger partial charge is 0.333 e. The van der Waals surface area contributed by atoms with Gasteiger partial charge in [0.25, 0.3) is 5.91 Å². The topological polar surface area (TPSA) is 57.7 Å². The van der Waals surface area contributed by atoms with Crippen molar-refractivity contribution in [2.75, 3.05) is 19.6 Å². The van der Waals surface area contributed by atoms with Crippen LogP contribution in [0.5, 0.6) is 0 Å². The molecule has 0 radical (unpaired) electrons. The van der Waals surface area contributed by atoms with Crippen molar-refractivity contribution >= 4 is 27.3 Å². The molecule has 1 amide bonds. The first-order chi connectivity index (χ1) is 15.3. The number of aryl methyl sites for hydroxylation is 1. The maximum Gasteiger partial charge on any atom is 0.254 e. The monoisotopic (exact) mass is 470 g/mol. The first-order valence-electron chi connectivity index (χ1n) is 10.8. The zero-order valence-corrected chi connectivity index (χ0v) is 20.5. The summed E-state index contributed by atoms with van der Waals surface area (Å²) in [5, 5.41) is 0. The zero-order chi connectivity index (χ0) is 23.1. The van der Waals surface area contributed by atoms with Crippen LogP contribution in [0.4, 0.5) is 0 Å². The van der Waals surface area contributed by atoms with Gasteiger partial charge in [0, 0.05) is 35.0 Å². The SMILES string of the molecule is CCN(CC)S(=O)(=O)c1ccc(C(=O)N(CCc2ccccc2)Cc2ccc(C)s2)cc1. The lowest BCUT2D eigenvalue weighted by molar-refractivity contribution is 0.0746. The van der Waals surface area contributed by atoms with Gasteiger partial charge in [-0.1, -0.05) is 44.2 Å². The normalized spacial score (nSPS) is 11.6. The third kappa shape index (κ3) is 5.85. The van der Waals surface area contributed by atoms with Crippen LogP contribution in [-0.2, 0) is 23.0 Å². The number of hydrogen-bond donors (Lipinski definition) is 0. The lowest BCUT2D eigenvalue weighted by atomic mass is 10.1. The summed E-state index contributed by atoms with van der Waals surface area (Å²) in [7, 11) is -3.55. The molecule has 0 saturated carbocycles. The van der Waals surface area contributed by atoms with Crippen molar-refractivity contribution in [2.45, 2.75) is 38.6 Å². The van der Waals surface area contributed by atoms with E-state index in [1.807, 2.05) is 36.9 Å². The van der Waals surface area contributed by atoms with Crippen LogP contribution < -0.4 is 0 Å². The van der Waals surface area contributed by atoms with Crippen LogP contribution in [0.1, 0.15) is 39.5 Å². The van der Waals surface area contributed by atoms with Gasteiger partial charge in [-0.2, -0.15) is 4.31 Å². The molecule has 3 rings (SSSR count). The summed E-state index contributed by atoms with van der Waals surface area (Å²) in [6.07, 6.45) is 0.755. The second kappa shape index (κ2) is 10.9. The van der Waals surface area contributed by atoms with E-state index in [-0.39, 0.29) is 10.8 Å². The van der Waals surface area contributed by atoms with E-state index in [4.69, 9.17) is 0 Å². The van der Waals surface area contributed by atoms with Crippen LogP contribution in [-0.4, -0.2) is 43.2 Å². The molecule has 170 valence electrons. The molecule has 0 aliphatic heterocycles. The molecule has 0 atom stereocenters. The summed E-state index contributed by atoms with van der Waals surface area (Å²) in [5.74, 6) is -0.0984. The van der Waals surface area contributed by atoms with E-state index in [2.05, 4.69) is 31.2 Å². The maximum atomic E-state index is 13.4. The molecule has 0 aliphatic rings. The summed E-state index contributed by atoms with van der Waals surface area (Å²) in [5.41, 5.74) is 1.66. The van der Waals surface area contributed by atoms with E-state index < -0.39 is 10.0 Å². The van der Waals surface area contributed by atoms with Crippen molar-refractivity contribution in [1.82, 2.24) is 9.21 Å². The third-order valence-corrected chi connectivity index (χ3v) is 8.44. The minimum Gasteiger partial charge on any atom is -0.333 e. The maximum absolute atomic E-state index is 13.4. The van der Waals surface area contributed by atoms with Crippen LogP contribution in [0, 0.1) is 6.92 Å². The van der Waals surface area contributed by atoms with Crippen LogP contribution in [0.3, 0.4) is 0 Å². The molecule has 3 aromatic rings. The molecular formula is C25H30N2O3S2. The highest BCUT2D eigenvalue weighted by atomic mass is 32.2. The smallest absolute Gasteiger partial charge is 0.254 e. The Balaban J connectivity index is 1.81. The fourth-order valence-corrected chi connectivity index (χ4v) is 5.95. The Bertz CT molecular complexity index is 1120. The summed E-state index contributed by atoms with van der Waals surface area (Å²) < 4.78 is 26.9. The van der Waals surface area contributed by atoms with Crippen LogP contribution in [0.2, 0.25) is 0 Å². The van der Waals surface area contributed by atoms with Crippen molar-refractivity contribution in [3.05, 3.63) is 87.6 Å². The Morgan fingerprint density at radius 1 is 0.906 bits per heavy atom. The Hall–Kier alpha value is -2.48. The number of amides is 1. The molecule has 32 heavy (non-hydrogen) atoms. The van der Waals surface area contributed by atoms with Crippen LogP contribution in [0.25, 0.3) is 0 Å². The molecule has 0 saturated heterocycles. The standard InChI is InChI=1S/C25H30N2O3S2/c1-4-27(5-2)32(29,30)24-15-12-22(13-16-24)25(28)26(19-23-14-11-20(3)31-23)18-17-21-9-7-6-8-10-21/h6-16H,4-5,17-19H2,1-3H3. The number of hydrogen-bond acceptors (Lipinski definition) is 4. The molecule has 0 fully saturated rings. The van der Waals surface area contributed by atoms with Gasteiger partial charge in [-0.25, -0.2) is 8.42 Å². The quantitative estimate of drug-likeness (QED) is 0.420. The van der Waals surface area contributed by atoms with E-state index >= 15 is 0 Å². The van der Waals surface area contributed by atoms with Crippen molar-refractivity contribution in [2.24, 2.45) is 0 Å². The van der Waals surface area contributed by atoms with E-state index in [1.54, 1.807) is 23.5 Å². The molecule has 0 N–H and O–H groups in total. The second-order valence-electron chi connectivity index (χ2n) is 7.59. The molecule has 0 spiro atoms. The fraction of sp³-hybridized carbons (Fsp3) is 0.320. The van der Waals surface area contributed by atoms with Gasteiger partial charge in [0.05, 0.1) is 11.4 Å². The van der Waals surface area contributed by atoms with Crippen molar-refractivity contribution in [3.8, 4) is 0 Å². The second-order valence-corrected chi connectivity index (χ2v) is 10.9. The van der Waals surface area contributed by atoms with Gasteiger partial charge in [-0.05, 0) is 55.3 Å². The van der Waals surface area contributed by atoms with Gasteiger partial charge < -0.3 is 4.90 Å². The highest BCUT2D eigenvalue weighted by molar-refractivity contribution is 7.89. The van der Waals surface area contributed by atoms with Gasteiger partial charge in [0.15, 0.2) is 0 Å². The van der Waals surface area contributed by atoms with Gasteiger partial charge in [0.1, 0.15) is 0 Å². The zero-order valence-electron chi connectivity index (χ0n) is 18.8. The highest BCUT2D eigenvalue weighted by Crippen LogP contribution is 2.21. The molecule has 0 aliphatic carbocycles. The van der Waals surface area contributed by atoms with E-state index in [9.17, 15) is 13.2 Å². The van der Waals surface area contributed by atoms with Crippen molar-refractivity contribution < 1.29 is 13.2 Å². The lowest BCUT2D eigenvalue weighted by Crippen LogP contribution is -2.32. The molecular weight excluding hydrogens is 440 g/mol. The minimum absolute atomic E-state index is 0.0984. The third-order valence-electron chi connectivity index (χ3n) is 5.39. The molecule has 7 heteroatoms. The number of carbonyl (C=O) groups excluding carboxylic acids is 1. The van der Waals surface area contributed by atoms with E-state index in [1.165, 1.54) is 26.9 Å². The molecule has 0 unspecified atom stereocenters. The molecule has 0 bridgehead atoms. The fourth-order valence-electron chi connectivity index (χ4n) is 3.58. The number of rotatable bonds is 10. The number of nitrogens with zero attached hydrogens (tertiary/aromatic N) is 2. The van der Waals surface area contributed by atoms with Gasteiger partial charge in [-0.3, -0.25) is 4.79 Å². The summed E-state index contributed by atoms with van der Waals surface area (Å²) >= 11 is 1.69. The van der Waals surface area contributed by atoms with Crippen LogP contribution >= 0.6 is 11.3 Å². The highest BCUT2D eigenvalue weighted by Gasteiger charge is 2.23. The van der Waals surface area contributed by atoms with Gasteiger partial charge in [0.2, 0.25) is 10.0 Å². The van der Waals surface area contributed by atoms with Crippen LogP contribution in [0.15, 0.2) is 71.6 Å². The predicted molar refractivity (Wildman–Crippen MR) is 130 cm³/mol. The molecule has 2 aromatic carbocycles. The predicted octanol–water partition coefficient (Wildman–Crippen LogP) is 4.97. The number of benzene rings is 2. The molecule has 1 heterocycles. The Kier molecular flexibility index (Phi) is 8.23. The van der Waals surface area contributed by atoms with Crippen molar-refractivity contribution in [1.29, 1.82) is 0 Å². The number of thiophene rings is 1.